The predicted octanol–water partition coefficient (Wildman–Crippen LogP) is 4.88. The maximum Gasteiger partial charge on any atom is 0.137 e. The van der Waals surface area contributed by atoms with Gasteiger partial charge in [0.1, 0.15) is 5.78 Å². The third-order valence-electron chi connectivity index (χ3n) is 5.45. The van der Waals surface area contributed by atoms with Crippen LogP contribution in [-0.4, -0.2) is 5.78 Å². The number of hydrogen-bond donors (Lipinski definition) is 0. The fourth-order valence-electron chi connectivity index (χ4n) is 4.03. The van der Waals surface area contributed by atoms with Gasteiger partial charge in [-0.25, -0.2) is 0 Å². The van der Waals surface area contributed by atoms with Crippen molar-refractivity contribution in [3.05, 3.63) is 59.7 Å². The molecule has 21 heavy (non-hydrogen) atoms. The summed E-state index contributed by atoms with van der Waals surface area (Å²) in [6.45, 7) is 6.39. The second kappa shape index (κ2) is 5.63. The largest absolute Gasteiger partial charge is 0.299 e. The van der Waals surface area contributed by atoms with E-state index in [9.17, 15) is 4.79 Å². The Bertz CT molecular complexity index is 581. The second-order valence-corrected chi connectivity index (χ2v) is 6.84. The van der Waals surface area contributed by atoms with Crippen LogP contribution >= 0.6 is 0 Å². The zero-order valence-electron chi connectivity index (χ0n) is 12.9. The van der Waals surface area contributed by atoms with Gasteiger partial charge in [0, 0.05) is 12.8 Å². The Morgan fingerprint density at radius 2 is 2.05 bits per heavy atom. The zero-order chi connectivity index (χ0) is 14.9. The van der Waals surface area contributed by atoms with Gasteiger partial charge in [0.25, 0.3) is 0 Å². The minimum absolute atomic E-state index is 0.0787. The van der Waals surface area contributed by atoms with Gasteiger partial charge in [-0.15, -0.1) is 0 Å². The van der Waals surface area contributed by atoms with Gasteiger partial charge in [-0.2, -0.15) is 0 Å². The highest BCUT2D eigenvalue weighted by Crippen LogP contribution is 2.50. The molecular weight excluding hydrogens is 256 g/mol. The Kier molecular flexibility index (Phi) is 3.84. The molecule has 3 rings (SSSR count). The highest BCUT2D eigenvalue weighted by Gasteiger charge is 2.41. The lowest BCUT2D eigenvalue weighted by Crippen LogP contribution is -2.30. The molecule has 110 valence electrons. The van der Waals surface area contributed by atoms with E-state index in [0.29, 0.717) is 24.5 Å². The summed E-state index contributed by atoms with van der Waals surface area (Å²) < 4.78 is 0. The minimum Gasteiger partial charge on any atom is -0.299 e. The molecule has 1 nitrogen and oxygen atoms in total. The Labute approximate surface area is 127 Å². The average molecular weight is 280 g/mol. The van der Waals surface area contributed by atoms with E-state index >= 15 is 0 Å². The van der Waals surface area contributed by atoms with E-state index in [4.69, 9.17) is 0 Å². The fourth-order valence-corrected chi connectivity index (χ4v) is 4.03. The van der Waals surface area contributed by atoms with Gasteiger partial charge in [0.15, 0.2) is 0 Å². The monoisotopic (exact) mass is 280 g/mol. The fraction of sp³-hybridized carbons (Fsp3) is 0.450. The predicted molar refractivity (Wildman–Crippen MR) is 87.1 cm³/mol. The maximum absolute atomic E-state index is 12.3. The number of hydrogen-bond acceptors (Lipinski definition) is 1. The maximum atomic E-state index is 12.3. The number of ketones is 1. The van der Waals surface area contributed by atoms with Crippen molar-refractivity contribution in [3.63, 3.8) is 0 Å². The third-order valence-corrected chi connectivity index (χ3v) is 5.45. The normalized spacial score (nSPS) is 29.0. The van der Waals surface area contributed by atoms with E-state index < -0.39 is 0 Å². The summed E-state index contributed by atoms with van der Waals surface area (Å²) in [4.78, 5) is 12.3. The van der Waals surface area contributed by atoms with E-state index in [1.54, 1.807) is 0 Å². The molecule has 2 aliphatic carbocycles. The van der Waals surface area contributed by atoms with Crippen LogP contribution in [0.3, 0.4) is 0 Å². The van der Waals surface area contributed by atoms with Crippen LogP contribution in [-0.2, 0) is 11.2 Å². The van der Waals surface area contributed by atoms with E-state index in [2.05, 4.69) is 49.9 Å². The molecule has 1 saturated carbocycles. The first-order valence-electron chi connectivity index (χ1n) is 8.00. The highest BCUT2D eigenvalue weighted by molar-refractivity contribution is 5.82. The summed E-state index contributed by atoms with van der Waals surface area (Å²) in [6.07, 6.45) is 7.99. The van der Waals surface area contributed by atoms with Crippen LogP contribution in [0.5, 0.6) is 0 Å². The van der Waals surface area contributed by atoms with Crippen molar-refractivity contribution in [1.29, 1.82) is 0 Å². The first kappa shape index (κ1) is 14.3. The number of carbonyl (C=O) groups is 1. The van der Waals surface area contributed by atoms with Crippen LogP contribution in [0.1, 0.15) is 44.6 Å². The standard InChI is InChI=1S/C20H24O/c1-15-12-19(21)14-20(13-18(15)9-8-16(20)2)11-10-17-6-4-3-5-7-17/h3-8,18H,1,9-14H2,2H3/t18-,20+/m1/s1. The Hall–Kier alpha value is -1.63. The van der Waals surface area contributed by atoms with Crippen LogP contribution in [0.4, 0.5) is 0 Å². The van der Waals surface area contributed by atoms with Gasteiger partial charge >= 0.3 is 0 Å². The molecule has 0 radical (unpaired) electrons. The third kappa shape index (κ3) is 2.88. The van der Waals surface area contributed by atoms with E-state index in [1.165, 1.54) is 11.1 Å². The Balaban J connectivity index is 1.85. The number of benzene rings is 1. The lowest BCUT2D eigenvalue weighted by atomic mass is 9.65. The lowest BCUT2D eigenvalue weighted by Gasteiger charge is -2.39. The SMILES string of the molecule is C=C1CC(=O)C[C@]2(CCc3ccccc3)C[C@H]1CC=C2C. The number of aryl methyl sites for hydroxylation is 1. The van der Waals surface area contributed by atoms with Gasteiger partial charge in [-0.05, 0) is 49.5 Å². The quantitative estimate of drug-likeness (QED) is 0.721. The summed E-state index contributed by atoms with van der Waals surface area (Å²) in [7, 11) is 0. The molecule has 2 aliphatic rings. The van der Waals surface area contributed by atoms with Crippen molar-refractivity contribution in [2.45, 2.75) is 45.4 Å². The van der Waals surface area contributed by atoms with Gasteiger partial charge in [0.05, 0.1) is 0 Å². The number of carbonyl (C=O) groups excluding carboxylic acids is 1. The summed E-state index contributed by atoms with van der Waals surface area (Å²) in [5.41, 5.74) is 4.04. The molecule has 0 saturated heterocycles. The van der Waals surface area contributed by atoms with E-state index in [0.717, 1.165) is 31.3 Å². The molecule has 0 unspecified atom stereocenters. The van der Waals surface area contributed by atoms with Gasteiger partial charge < -0.3 is 0 Å². The first-order valence-corrected chi connectivity index (χ1v) is 8.00. The first-order chi connectivity index (χ1) is 10.1. The van der Waals surface area contributed by atoms with Crippen molar-refractivity contribution in [2.24, 2.45) is 11.3 Å². The molecule has 1 fully saturated rings. The topological polar surface area (TPSA) is 17.1 Å². The summed E-state index contributed by atoms with van der Waals surface area (Å²) >= 11 is 0. The van der Waals surface area contributed by atoms with Crippen LogP contribution < -0.4 is 0 Å². The van der Waals surface area contributed by atoms with Crippen LogP contribution in [0.15, 0.2) is 54.1 Å². The highest BCUT2D eigenvalue weighted by atomic mass is 16.1. The van der Waals surface area contributed by atoms with Gasteiger partial charge in [0.2, 0.25) is 0 Å². The van der Waals surface area contributed by atoms with Crippen molar-refractivity contribution in [3.8, 4) is 0 Å². The van der Waals surface area contributed by atoms with Crippen molar-refractivity contribution in [1.82, 2.24) is 0 Å². The number of Topliss-reactive ketones (excluding diaryl/α,β-unsaturated/α-hetero) is 1. The van der Waals surface area contributed by atoms with Crippen LogP contribution in [0, 0.1) is 11.3 Å². The summed E-state index contributed by atoms with van der Waals surface area (Å²) in [6, 6.07) is 10.6. The molecule has 0 aromatic heterocycles. The average Bonchev–Trinajstić information content (AvgIpc) is 2.58. The molecule has 0 amide bonds. The van der Waals surface area contributed by atoms with Crippen molar-refractivity contribution < 1.29 is 4.79 Å². The Morgan fingerprint density at radius 3 is 2.81 bits per heavy atom. The Morgan fingerprint density at radius 1 is 1.29 bits per heavy atom. The zero-order valence-corrected chi connectivity index (χ0v) is 12.9. The van der Waals surface area contributed by atoms with Crippen LogP contribution in [0.25, 0.3) is 0 Å². The van der Waals surface area contributed by atoms with E-state index in [-0.39, 0.29) is 5.41 Å². The second-order valence-electron chi connectivity index (χ2n) is 6.84. The number of allylic oxidation sites excluding steroid dienone is 3. The summed E-state index contributed by atoms with van der Waals surface area (Å²) in [5.74, 6) is 0.890. The molecule has 1 heteroatoms. The molecule has 1 aromatic rings. The van der Waals surface area contributed by atoms with Crippen LogP contribution in [0.2, 0.25) is 0 Å². The molecule has 0 N–H and O–H groups in total. The number of rotatable bonds is 3. The van der Waals surface area contributed by atoms with Gasteiger partial charge in [-0.1, -0.05) is 54.1 Å². The number of fused-ring (bicyclic) bond motifs is 2. The minimum atomic E-state index is 0.0787. The molecule has 2 atom stereocenters. The molecule has 0 heterocycles. The molecule has 1 aromatic carbocycles. The van der Waals surface area contributed by atoms with Crippen molar-refractivity contribution >= 4 is 5.78 Å². The molecule has 0 aliphatic heterocycles. The lowest BCUT2D eigenvalue weighted by molar-refractivity contribution is -0.120. The molecule has 2 bridgehead atoms. The van der Waals surface area contributed by atoms with Crippen molar-refractivity contribution in [2.75, 3.05) is 0 Å². The smallest absolute Gasteiger partial charge is 0.137 e. The van der Waals surface area contributed by atoms with E-state index in [1.807, 2.05) is 0 Å². The molecular formula is C20H24O. The van der Waals surface area contributed by atoms with Gasteiger partial charge in [-0.3, -0.25) is 4.79 Å². The molecule has 0 spiro atoms. The summed E-state index contributed by atoms with van der Waals surface area (Å²) in [5, 5.41) is 0.